The van der Waals surface area contributed by atoms with Crippen molar-refractivity contribution >= 4 is 22.8 Å². The van der Waals surface area contributed by atoms with Crippen molar-refractivity contribution in [1.82, 2.24) is 5.32 Å². The molecule has 0 aliphatic heterocycles. The van der Waals surface area contributed by atoms with Crippen LogP contribution in [0.3, 0.4) is 0 Å². The Balaban J connectivity index is 1.86. The van der Waals surface area contributed by atoms with E-state index in [4.69, 9.17) is 20.8 Å². The van der Waals surface area contributed by atoms with Gasteiger partial charge in [0, 0.05) is 13.0 Å². The molecule has 0 unspecified atom stereocenters. The van der Waals surface area contributed by atoms with E-state index in [0.717, 1.165) is 11.3 Å². The number of halogens is 1. The molecule has 0 radical (unpaired) electrons. The summed E-state index contributed by atoms with van der Waals surface area (Å²) in [6, 6.07) is 11.0. The molecule has 0 aliphatic carbocycles. The first kappa shape index (κ1) is 18.8. The molecule has 1 aromatic carbocycles. The molecule has 1 aromatic heterocycles. The summed E-state index contributed by atoms with van der Waals surface area (Å²) in [6.07, 6.45) is 3.25. The van der Waals surface area contributed by atoms with Crippen molar-refractivity contribution in [2.24, 2.45) is 0 Å². The van der Waals surface area contributed by atoms with Gasteiger partial charge in [0.15, 0.2) is 5.76 Å². The summed E-state index contributed by atoms with van der Waals surface area (Å²) in [4.78, 5) is 22.6. The lowest BCUT2D eigenvalue weighted by Gasteiger charge is -2.08. The quantitative estimate of drug-likeness (QED) is 0.396. The fourth-order valence-electron chi connectivity index (χ4n) is 2.21. The Morgan fingerprint density at radius 1 is 1.24 bits per heavy atom. The number of benzene rings is 1. The Morgan fingerprint density at radius 3 is 2.80 bits per heavy atom. The first-order valence-electron chi connectivity index (χ1n) is 7.97. The Hall–Kier alpha value is -2.53. The minimum atomic E-state index is -0.414. The summed E-state index contributed by atoms with van der Waals surface area (Å²) >= 11 is 5.24. The lowest BCUT2D eigenvalue weighted by Crippen LogP contribution is -2.24. The first-order valence-corrected chi connectivity index (χ1v) is 8.34. The molecule has 0 spiro atoms. The maximum atomic E-state index is 11.9. The number of hydrogen-bond donors (Lipinski definition) is 1. The molecule has 2 rings (SSSR count). The number of allylic oxidation sites excluding steroid dienone is 1. The molecule has 0 bridgehead atoms. The summed E-state index contributed by atoms with van der Waals surface area (Å²) in [6.45, 7) is 4.32. The molecule has 0 aliphatic rings. The van der Waals surface area contributed by atoms with Crippen LogP contribution < -0.4 is 10.1 Å². The SMILES string of the molecule is C=CCc1ccccc1OCc1ccc(C(=O)NCCCC(=O)Cl)o1. The van der Waals surface area contributed by atoms with Crippen LogP contribution in [-0.4, -0.2) is 17.7 Å². The van der Waals surface area contributed by atoms with Crippen LogP contribution in [0, 0.1) is 0 Å². The third-order valence-corrected chi connectivity index (χ3v) is 3.62. The second kappa shape index (κ2) is 9.69. The van der Waals surface area contributed by atoms with Gasteiger partial charge in [0.1, 0.15) is 18.1 Å². The van der Waals surface area contributed by atoms with Gasteiger partial charge in [-0.15, -0.1) is 6.58 Å². The van der Waals surface area contributed by atoms with Gasteiger partial charge in [-0.3, -0.25) is 9.59 Å². The van der Waals surface area contributed by atoms with Crippen molar-refractivity contribution in [3.8, 4) is 5.75 Å². The highest BCUT2D eigenvalue weighted by Gasteiger charge is 2.11. The predicted octanol–water partition coefficient (Wildman–Crippen LogP) is 3.86. The first-order chi connectivity index (χ1) is 12.1. The van der Waals surface area contributed by atoms with Crippen LogP contribution in [0.4, 0.5) is 0 Å². The van der Waals surface area contributed by atoms with Crippen molar-refractivity contribution in [3.05, 3.63) is 66.1 Å². The molecule has 0 saturated heterocycles. The molecular weight excluding hydrogens is 342 g/mol. The molecule has 1 amide bonds. The van der Waals surface area contributed by atoms with Gasteiger partial charge in [-0.1, -0.05) is 24.3 Å². The third-order valence-electron chi connectivity index (χ3n) is 3.43. The molecule has 5 nitrogen and oxygen atoms in total. The van der Waals surface area contributed by atoms with Crippen LogP contribution in [0.25, 0.3) is 0 Å². The van der Waals surface area contributed by atoms with Crippen molar-refractivity contribution in [1.29, 1.82) is 0 Å². The van der Waals surface area contributed by atoms with Gasteiger partial charge >= 0.3 is 0 Å². The fraction of sp³-hybridized carbons (Fsp3) is 0.263. The second-order valence-electron chi connectivity index (χ2n) is 5.37. The molecule has 1 heterocycles. The summed E-state index contributed by atoms with van der Waals surface area (Å²) in [5.74, 6) is 1.18. The number of amides is 1. The zero-order valence-corrected chi connectivity index (χ0v) is 14.6. The topological polar surface area (TPSA) is 68.5 Å². The number of para-hydroxylation sites is 1. The summed E-state index contributed by atoms with van der Waals surface area (Å²) in [5, 5.41) is 2.26. The largest absolute Gasteiger partial charge is 0.485 e. The molecule has 25 heavy (non-hydrogen) atoms. The van der Waals surface area contributed by atoms with Gasteiger partial charge in [-0.2, -0.15) is 0 Å². The highest BCUT2D eigenvalue weighted by Crippen LogP contribution is 2.20. The van der Waals surface area contributed by atoms with Crippen LogP contribution in [0.2, 0.25) is 0 Å². The van der Waals surface area contributed by atoms with E-state index in [1.165, 1.54) is 0 Å². The number of rotatable bonds is 10. The van der Waals surface area contributed by atoms with Gasteiger partial charge in [0.25, 0.3) is 5.91 Å². The smallest absolute Gasteiger partial charge is 0.286 e. The number of carbonyl (C=O) groups excluding carboxylic acids is 2. The van der Waals surface area contributed by atoms with Crippen molar-refractivity contribution in [2.75, 3.05) is 6.54 Å². The number of furan rings is 1. The molecule has 132 valence electrons. The van der Waals surface area contributed by atoms with Gasteiger partial charge in [-0.05, 0) is 48.2 Å². The monoisotopic (exact) mass is 361 g/mol. The van der Waals surface area contributed by atoms with E-state index in [9.17, 15) is 9.59 Å². The second-order valence-corrected chi connectivity index (χ2v) is 5.79. The van der Waals surface area contributed by atoms with Crippen LogP contribution in [-0.2, 0) is 17.8 Å². The number of carbonyl (C=O) groups is 2. The van der Waals surface area contributed by atoms with Gasteiger partial charge in [0.05, 0.1) is 0 Å². The Kier molecular flexibility index (Phi) is 7.29. The van der Waals surface area contributed by atoms with E-state index in [0.29, 0.717) is 25.1 Å². The van der Waals surface area contributed by atoms with Gasteiger partial charge < -0.3 is 14.5 Å². The zero-order chi connectivity index (χ0) is 18.1. The standard InChI is InChI=1S/C19H20ClNO4/c1-2-6-14-7-3-4-8-16(14)24-13-15-10-11-17(25-15)19(23)21-12-5-9-18(20)22/h2-4,7-8,10-11H,1,5-6,9,12-13H2,(H,21,23). The average Bonchev–Trinajstić information content (AvgIpc) is 3.07. The number of ether oxygens (including phenoxy) is 1. The molecular formula is C19H20ClNO4. The van der Waals surface area contributed by atoms with Gasteiger partial charge in [-0.25, -0.2) is 0 Å². The molecule has 6 heteroatoms. The highest BCUT2D eigenvalue weighted by atomic mass is 35.5. The van der Waals surface area contributed by atoms with Crippen LogP contribution >= 0.6 is 11.6 Å². The van der Waals surface area contributed by atoms with Crippen molar-refractivity contribution in [3.63, 3.8) is 0 Å². The maximum Gasteiger partial charge on any atom is 0.286 e. The van der Waals surface area contributed by atoms with E-state index in [-0.39, 0.29) is 24.7 Å². The van der Waals surface area contributed by atoms with E-state index < -0.39 is 5.24 Å². The fourth-order valence-corrected chi connectivity index (χ4v) is 2.35. The molecule has 2 aromatic rings. The lowest BCUT2D eigenvalue weighted by molar-refractivity contribution is -0.111. The van der Waals surface area contributed by atoms with E-state index in [1.54, 1.807) is 12.1 Å². The molecule has 0 atom stereocenters. The van der Waals surface area contributed by atoms with E-state index in [2.05, 4.69) is 11.9 Å². The average molecular weight is 362 g/mol. The Labute approximate surface area is 151 Å². The third kappa shape index (κ3) is 6.12. The van der Waals surface area contributed by atoms with E-state index >= 15 is 0 Å². The predicted molar refractivity (Wildman–Crippen MR) is 95.8 cm³/mol. The van der Waals surface area contributed by atoms with E-state index in [1.807, 2.05) is 30.3 Å². The molecule has 1 N–H and O–H groups in total. The highest BCUT2D eigenvalue weighted by molar-refractivity contribution is 6.63. The Morgan fingerprint density at radius 2 is 2.04 bits per heavy atom. The molecule has 0 saturated carbocycles. The summed E-state index contributed by atoms with van der Waals surface area (Å²) in [5.41, 5.74) is 1.04. The zero-order valence-electron chi connectivity index (χ0n) is 13.8. The minimum absolute atomic E-state index is 0.204. The normalized spacial score (nSPS) is 10.3. The van der Waals surface area contributed by atoms with Crippen LogP contribution in [0.1, 0.15) is 34.7 Å². The number of nitrogens with one attached hydrogen (secondary N) is 1. The number of hydrogen-bond acceptors (Lipinski definition) is 4. The van der Waals surface area contributed by atoms with Gasteiger partial charge in [0.2, 0.25) is 5.24 Å². The maximum absolute atomic E-state index is 11.9. The molecule has 0 fully saturated rings. The summed E-state index contributed by atoms with van der Waals surface area (Å²) < 4.78 is 11.3. The lowest BCUT2D eigenvalue weighted by atomic mass is 10.1. The summed E-state index contributed by atoms with van der Waals surface area (Å²) in [7, 11) is 0. The Bertz CT molecular complexity index is 739. The van der Waals surface area contributed by atoms with Crippen molar-refractivity contribution < 1.29 is 18.7 Å². The minimum Gasteiger partial charge on any atom is -0.485 e. The van der Waals surface area contributed by atoms with Crippen molar-refractivity contribution in [2.45, 2.75) is 25.9 Å². The van der Waals surface area contributed by atoms with Crippen LogP contribution in [0.15, 0.2) is 53.5 Å². The van der Waals surface area contributed by atoms with Crippen LogP contribution in [0.5, 0.6) is 5.75 Å².